The zero-order valence-electron chi connectivity index (χ0n) is 18.1. The highest BCUT2D eigenvalue weighted by Gasteiger charge is 2.06. The Balaban J connectivity index is 0.000000335. The van der Waals surface area contributed by atoms with E-state index >= 15 is 0 Å². The van der Waals surface area contributed by atoms with Crippen molar-refractivity contribution in [3.05, 3.63) is 59.7 Å². The molecule has 10 heteroatoms. The molecule has 0 aliphatic heterocycles. The molecule has 176 valence electrons. The second-order valence-electron chi connectivity index (χ2n) is 6.78. The van der Waals surface area contributed by atoms with Crippen molar-refractivity contribution in [3.8, 4) is 23.6 Å². The second kappa shape index (κ2) is 15.9. The lowest BCUT2D eigenvalue weighted by Crippen LogP contribution is -2.31. The van der Waals surface area contributed by atoms with Crippen LogP contribution in [0, 0.1) is 22.7 Å². The van der Waals surface area contributed by atoms with E-state index in [0.717, 1.165) is 0 Å². The van der Waals surface area contributed by atoms with Gasteiger partial charge in [0.1, 0.15) is 11.5 Å². The fraction of sp³-hybridized carbons (Fsp3) is 0.348. The molecule has 0 spiro atoms. The largest absolute Gasteiger partial charge is 0.493 e. The maximum Gasteiger partial charge on any atom is 0.404 e. The number of hydrogen-bond acceptors (Lipinski definition) is 8. The number of amides is 1. The van der Waals surface area contributed by atoms with Crippen LogP contribution in [-0.4, -0.2) is 59.9 Å². The van der Waals surface area contributed by atoms with Gasteiger partial charge in [-0.2, -0.15) is 10.5 Å². The monoisotopic (exact) mass is 456 g/mol. The van der Waals surface area contributed by atoms with Crippen molar-refractivity contribution in [2.45, 2.75) is 25.0 Å². The van der Waals surface area contributed by atoms with Gasteiger partial charge >= 0.3 is 6.09 Å². The third kappa shape index (κ3) is 12.6. The van der Waals surface area contributed by atoms with Gasteiger partial charge in [-0.05, 0) is 48.5 Å². The van der Waals surface area contributed by atoms with E-state index in [1.54, 1.807) is 48.5 Å². The summed E-state index contributed by atoms with van der Waals surface area (Å²) in [6, 6.07) is 17.5. The lowest BCUT2D eigenvalue weighted by Gasteiger charge is -2.11. The molecular formula is C23H28N4O6. The number of nitriles is 2. The van der Waals surface area contributed by atoms with E-state index in [9.17, 15) is 15.0 Å². The number of aliphatic hydroxyl groups excluding tert-OH is 2. The molecule has 0 saturated heterocycles. The minimum atomic E-state index is -1.16. The van der Waals surface area contributed by atoms with Crippen molar-refractivity contribution >= 4 is 6.09 Å². The summed E-state index contributed by atoms with van der Waals surface area (Å²) in [6.07, 6.45) is -1.62. The number of nitrogens with zero attached hydrogens (tertiary/aromatic N) is 2. The van der Waals surface area contributed by atoms with Crippen LogP contribution in [0.2, 0.25) is 0 Å². The molecule has 6 N–H and O–H groups in total. The van der Waals surface area contributed by atoms with E-state index in [-0.39, 0.29) is 19.7 Å². The van der Waals surface area contributed by atoms with Gasteiger partial charge in [-0.1, -0.05) is 0 Å². The number of hydrogen-bond donors (Lipinski definition) is 5. The molecule has 2 aromatic carbocycles. The van der Waals surface area contributed by atoms with Crippen LogP contribution in [0.4, 0.5) is 4.79 Å². The molecule has 0 radical (unpaired) electrons. The Hall–Kier alpha value is -3.83. The molecule has 2 unspecified atom stereocenters. The standard InChI is InChI=1S/C12H14N2O4.C11H14N2O2/c13-7-9-1-3-11(4-2-9)18-6-5-10(15)8-14-12(16)17;12-7-9-1-3-11(4-2-9)15-6-5-10(14)8-13/h1-4,10,14-15H,5-6,8H2,(H,16,17);1-4,10,14H,5-6,8,13H2. The summed E-state index contributed by atoms with van der Waals surface area (Å²) >= 11 is 0. The number of ether oxygens (including phenoxy) is 2. The predicted octanol–water partition coefficient (Wildman–Crippen LogP) is 1.60. The van der Waals surface area contributed by atoms with E-state index in [4.69, 9.17) is 30.8 Å². The van der Waals surface area contributed by atoms with Crippen molar-refractivity contribution in [1.82, 2.24) is 5.32 Å². The van der Waals surface area contributed by atoms with Crippen LogP contribution in [0.25, 0.3) is 0 Å². The number of nitrogens with one attached hydrogen (secondary N) is 1. The highest BCUT2D eigenvalue weighted by Crippen LogP contribution is 2.12. The lowest BCUT2D eigenvalue weighted by molar-refractivity contribution is 0.132. The highest BCUT2D eigenvalue weighted by molar-refractivity contribution is 5.64. The van der Waals surface area contributed by atoms with E-state index in [0.29, 0.717) is 42.1 Å². The Morgan fingerprint density at radius 1 is 0.879 bits per heavy atom. The third-order valence-corrected chi connectivity index (χ3v) is 4.17. The number of nitrogens with two attached hydrogens (primary N) is 1. The molecule has 0 saturated carbocycles. The molecule has 33 heavy (non-hydrogen) atoms. The summed E-state index contributed by atoms with van der Waals surface area (Å²) in [5, 5.41) is 46.2. The van der Waals surface area contributed by atoms with Crippen molar-refractivity contribution in [1.29, 1.82) is 10.5 Å². The van der Waals surface area contributed by atoms with Gasteiger partial charge in [-0.25, -0.2) is 4.79 Å². The first kappa shape index (κ1) is 27.2. The summed E-state index contributed by atoms with van der Waals surface area (Å²) in [6.45, 7) is 0.918. The Morgan fingerprint density at radius 2 is 1.30 bits per heavy atom. The Morgan fingerprint density at radius 3 is 1.67 bits per heavy atom. The van der Waals surface area contributed by atoms with Crippen LogP contribution in [0.5, 0.6) is 11.5 Å². The smallest absolute Gasteiger partial charge is 0.404 e. The average Bonchev–Trinajstić information content (AvgIpc) is 2.84. The molecule has 0 heterocycles. The van der Waals surface area contributed by atoms with Crippen LogP contribution < -0.4 is 20.5 Å². The third-order valence-electron chi connectivity index (χ3n) is 4.17. The van der Waals surface area contributed by atoms with Gasteiger partial charge < -0.3 is 35.8 Å². The predicted molar refractivity (Wildman–Crippen MR) is 120 cm³/mol. The SMILES string of the molecule is N#Cc1ccc(OCCC(O)CN)cc1.N#Cc1ccc(OCCC(O)CNC(=O)O)cc1. The number of carboxylic acid groups (broad SMARTS) is 1. The topological polar surface area (TPSA) is 182 Å². The van der Waals surface area contributed by atoms with Crippen molar-refractivity contribution in [2.24, 2.45) is 5.73 Å². The van der Waals surface area contributed by atoms with Crippen LogP contribution in [0.3, 0.4) is 0 Å². The number of benzene rings is 2. The molecule has 0 aliphatic rings. The molecule has 0 fully saturated rings. The van der Waals surface area contributed by atoms with Crippen molar-refractivity contribution < 1.29 is 29.6 Å². The summed E-state index contributed by atoms with van der Waals surface area (Å²) in [5.74, 6) is 1.30. The van der Waals surface area contributed by atoms with E-state index in [2.05, 4.69) is 5.32 Å². The summed E-state index contributed by atoms with van der Waals surface area (Å²) < 4.78 is 10.7. The minimum Gasteiger partial charge on any atom is -0.493 e. The van der Waals surface area contributed by atoms with E-state index < -0.39 is 18.3 Å². The summed E-state index contributed by atoms with van der Waals surface area (Å²) in [7, 11) is 0. The lowest BCUT2D eigenvalue weighted by atomic mass is 10.2. The molecule has 2 atom stereocenters. The van der Waals surface area contributed by atoms with Crippen molar-refractivity contribution in [2.75, 3.05) is 26.3 Å². The molecule has 0 aromatic heterocycles. The quantitative estimate of drug-likeness (QED) is 0.335. The molecule has 2 aromatic rings. The second-order valence-corrected chi connectivity index (χ2v) is 6.78. The zero-order valence-corrected chi connectivity index (χ0v) is 18.1. The van der Waals surface area contributed by atoms with Crippen LogP contribution in [0.15, 0.2) is 48.5 Å². The molecule has 1 amide bonds. The van der Waals surface area contributed by atoms with Crippen LogP contribution >= 0.6 is 0 Å². The Labute approximate surface area is 192 Å². The first-order chi connectivity index (χ1) is 15.9. The summed E-state index contributed by atoms with van der Waals surface area (Å²) in [4.78, 5) is 10.2. The number of rotatable bonds is 11. The van der Waals surface area contributed by atoms with E-state index in [1.807, 2.05) is 12.1 Å². The molecule has 0 aliphatic carbocycles. The Bertz CT molecular complexity index is 907. The van der Waals surface area contributed by atoms with Gasteiger partial charge in [0.05, 0.1) is 48.7 Å². The molecule has 0 bridgehead atoms. The summed E-state index contributed by atoms with van der Waals surface area (Å²) in [5.41, 5.74) is 6.40. The van der Waals surface area contributed by atoms with Crippen LogP contribution in [-0.2, 0) is 0 Å². The molecule has 10 nitrogen and oxygen atoms in total. The first-order valence-electron chi connectivity index (χ1n) is 10.2. The number of carbonyl (C=O) groups is 1. The van der Waals surface area contributed by atoms with Crippen molar-refractivity contribution in [3.63, 3.8) is 0 Å². The van der Waals surface area contributed by atoms with Gasteiger partial charge in [0.25, 0.3) is 0 Å². The zero-order chi connectivity index (χ0) is 24.5. The average molecular weight is 456 g/mol. The van der Waals surface area contributed by atoms with Gasteiger partial charge in [0, 0.05) is 25.9 Å². The normalized spacial score (nSPS) is 11.5. The van der Waals surface area contributed by atoms with Gasteiger partial charge in [0.15, 0.2) is 0 Å². The van der Waals surface area contributed by atoms with Gasteiger partial charge in [-0.3, -0.25) is 0 Å². The molecule has 2 rings (SSSR count). The maximum absolute atomic E-state index is 10.2. The van der Waals surface area contributed by atoms with Gasteiger partial charge in [-0.15, -0.1) is 0 Å². The minimum absolute atomic E-state index is 0.0218. The van der Waals surface area contributed by atoms with Crippen LogP contribution in [0.1, 0.15) is 24.0 Å². The van der Waals surface area contributed by atoms with E-state index in [1.165, 1.54) is 0 Å². The first-order valence-corrected chi connectivity index (χ1v) is 10.2. The maximum atomic E-state index is 10.2. The molecular weight excluding hydrogens is 428 g/mol. The van der Waals surface area contributed by atoms with Gasteiger partial charge in [0.2, 0.25) is 0 Å². The number of aliphatic hydroxyl groups is 2. The Kier molecular flexibility index (Phi) is 13.1. The fourth-order valence-corrected chi connectivity index (χ4v) is 2.30. The highest BCUT2D eigenvalue weighted by atomic mass is 16.5. The fourth-order valence-electron chi connectivity index (χ4n) is 2.30.